The number of sulfonamides is 1. The predicted molar refractivity (Wildman–Crippen MR) is 179 cm³/mol. The Morgan fingerprint density at radius 3 is 2.28 bits per heavy atom. The van der Waals surface area contributed by atoms with Crippen molar-refractivity contribution in [1.29, 1.82) is 0 Å². The third-order valence-corrected chi connectivity index (χ3v) is 9.23. The number of amides is 2. The van der Waals surface area contributed by atoms with Crippen LogP contribution in [0.4, 0.5) is 5.69 Å². The van der Waals surface area contributed by atoms with Gasteiger partial charge < -0.3 is 15.0 Å². The molecule has 0 aliphatic carbocycles. The van der Waals surface area contributed by atoms with Crippen molar-refractivity contribution in [3.63, 3.8) is 0 Å². The van der Waals surface area contributed by atoms with Gasteiger partial charge in [-0.2, -0.15) is 0 Å². The largest absolute Gasteiger partial charge is 0.493 e. The minimum absolute atomic E-state index is 0.0251. The summed E-state index contributed by atoms with van der Waals surface area (Å²) in [6.45, 7) is 5.88. The van der Waals surface area contributed by atoms with Gasteiger partial charge in [0.1, 0.15) is 5.75 Å². The van der Waals surface area contributed by atoms with E-state index in [0.717, 1.165) is 48.3 Å². The number of hydrogen-bond donors (Lipinski definition) is 3. The summed E-state index contributed by atoms with van der Waals surface area (Å²) >= 11 is 0. The molecule has 2 amide bonds. The summed E-state index contributed by atoms with van der Waals surface area (Å²) in [6, 6.07) is 28.9. The molecule has 46 heavy (non-hydrogen) atoms. The molecular formula is C36H40N4O5S. The second kappa shape index (κ2) is 15.1. The summed E-state index contributed by atoms with van der Waals surface area (Å²) in [5, 5.41) is 3.26. The maximum absolute atomic E-state index is 13.6. The lowest BCUT2D eigenvalue weighted by molar-refractivity contribution is -0.120. The highest BCUT2D eigenvalue weighted by Gasteiger charge is 2.24. The van der Waals surface area contributed by atoms with Crippen LogP contribution in [-0.2, 0) is 21.2 Å². The van der Waals surface area contributed by atoms with E-state index in [1.807, 2.05) is 49.4 Å². The first-order valence-electron chi connectivity index (χ1n) is 15.6. The molecule has 1 unspecified atom stereocenters. The molecule has 0 aromatic heterocycles. The normalized spacial score (nSPS) is 13.9. The fourth-order valence-electron chi connectivity index (χ4n) is 5.63. The van der Waals surface area contributed by atoms with Crippen LogP contribution in [0.3, 0.4) is 0 Å². The number of carbonyl (C=O) groups is 2. The molecule has 240 valence electrons. The van der Waals surface area contributed by atoms with Gasteiger partial charge >= 0.3 is 0 Å². The van der Waals surface area contributed by atoms with Gasteiger partial charge in [-0.1, -0.05) is 72.3 Å². The van der Waals surface area contributed by atoms with Crippen LogP contribution in [0.5, 0.6) is 5.75 Å². The molecule has 0 spiro atoms. The zero-order chi connectivity index (χ0) is 32.5. The average molecular weight is 641 g/mol. The highest BCUT2D eigenvalue weighted by atomic mass is 32.2. The summed E-state index contributed by atoms with van der Waals surface area (Å²) in [5.41, 5.74) is 7.11. The summed E-state index contributed by atoms with van der Waals surface area (Å²) in [6.07, 6.45) is 3.57. The van der Waals surface area contributed by atoms with Gasteiger partial charge in [0.25, 0.3) is 15.9 Å². The first kappa shape index (κ1) is 32.7. The monoisotopic (exact) mass is 640 g/mol. The van der Waals surface area contributed by atoms with Crippen LogP contribution in [0.25, 0.3) is 0 Å². The highest BCUT2D eigenvalue weighted by molar-refractivity contribution is 7.89. The Kier molecular flexibility index (Phi) is 10.7. The van der Waals surface area contributed by atoms with E-state index >= 15 is 0 Å². The van der Waals surface area contributed by atoms with E-state index in [-0.39, 0.29) is 41.2 Å². The number of benzene rings is 4. The lowest BCUT2D eigenvalue weighted by atomic mass is 9.95. The van der Waals surface area contributed by atoms with Crippen molar-refractivity contribution in [3.05, 3.63) is 125 Å². The number of piperidine rings is 1. The summed E-state index contributed by atoms with van der Waals surface area (Å²) in [7, 11) is -3.98. The molecule has 0 bridgehead atoms. The summed E-state index contributed by atoms with van der Waals surface area (Å²) < 4.78 is 31.1. The Hall–Kier alpha value is -4.67. The predicted octanol–water partition coefficient (Wildman–Crippen LogP) is 5.46. The minimum atomic E-state index is -3.98. The zero-order valence-corrected chi connectivity index (χ0v) is 27.0. The van der Waals surface area contributed by atoms with Crippen LogP contribution in [0.15, 0.2) is 102 Å². The van der Waals surface area contributed by atoms with Crippen molar-refractivity contribution >= 4 is 27.5 Å². The molecule has 5 rings (SSSR count). The first-order valence-corrected chi connectivity index (χ1v) is 17.1. The summed E-state index contributed by atoms with van der Waals surface area (Å²) in [4.78, 5) is 31.2. The highest BCUT2D eigenvalue weighted by Crippen LogP contribution is 2.33. The Bertz CT molecular complexity index is 1760. The lowest BCUT2D eigenvalue weighted by Crippen LogP contribution is -2.41. The van der Waals surface area contributed by atoms with E-state index in [1.165, 1.54) is 24.6 Å². The minimum Gasteiger partial charge on any atom is -0.493 e. The van der Waals surface area contributed by atoms with Gasteiger partial charge in [-0.05, 0) is 74.6 Å². The second-order valence-electron chi connectivity index (χ2n) is 11.3. The third kappa shape index (κ3) is 8.13. The smallest absolute Gasteiger partial charge is 0.270 e. The Balaban J connectivity index is 1.32. The van der Waals surface area contributed by atoms with Crippen LogP contribution in [-0.4, -0.2) is 39.9 Å². The van der Waals surface area contributed by atoms with E-state index in [0.29, 0.717) is 5.56 Å². The van der Waals surface area contributed by atoms with Crippen molar-refractivity contribution in [2.75, 3.05) is 24.6 Å². The van der Waals surface area contributed by atoms with E-state index in [4.69, 9.17) is 4.74 Å². The summed E-state index contributed by atoms with van der Waals surface area (Å²) in [5.74, 6) is -0.628. The molecule has 1 heterocycles. The standard InChI is InChI=1S/C36H40N4O5S/c1-3-45-33-24-27(18-21-31(33)36(42)38-39-46(43,44)29-19-16-26(2)17-20-29)25-34(41)37-35(28-12-6-4-7-13-28)30-14-8-9-15-32(30)40-22-10-5-11-23-40/h4,6-9,12-21,24,35,39H,3,5,10-11,22-23,25H2,1-2H3,(H,37,41)(H,38,42). The van der Waals surface area contributed by atoms with Gasteiger partial charge in [0.2, 0.25) is 5.91 Å². The maximum atomic E-state index is 13.6. The van der Waals surface area contributed by atoms with E-state index in [9.17, 15) is 18.0 Å². The molecule has 4 aromatic carbocycles. The first-order chi connectivity index (χ1) is 22.2. The Morgan fingerprint density at radius 2 is 1.57 bits per heavy atom. The fraction of sp³-hybridized carbons (Fsp3) is 0.278. The van der Waals surface area contributed by atoms with Crippen molar-refractivity contribution < 1.29 is 22.7 Å². The molecule has 1 aliphatic heterocycles. The number of carbonyl (C=O) groups excluding carboxylic acids is 2. The van der Waals surface area contributed by atoms with Crippen molar-refractivity contribution in [3.8, 4) is 5.75 Å². The van der Waals surface area contributed by atoms with Crippen LogP contribution in [0.2, 0.25) is 0 Å². The molecule has 10 heteroatoms. The number of ether oxygens (including phenoxy) is 1. The van der Waals surface area contributed by atoms with Crippen molar-refractivity contribution in [2.45, 2.75) is 50.5 Å². The van der Waals surface area contributed by atoms with E-state index in [1.54, 1.807) is 31.2 Å². The zero-order valence-electron chi connectivity index (χ0n) is 26.2. The van der Waals surface area contributed by atoms with Crippen LogP contribution >= 0.6 is 0 Å². The van der Waals surface area contributed by atoms with Gasteiger partial charge in [0, 0.05) is 24.3 Å². The van der Waals surface area contributed by atoms with E-state index in [2.05, 4.69) is 32.6 Å². The quantitative estimate of drug-likeness (QED) is 0.177. The molecule has 1 fully saturated rings. The SMILES string of the molecule is CCOc1cc(CC(=O)NC(c2ccccc2)c2ccccc2N2CCCCC2)ccc1C(=O)NNS(=O)(=O)c1ccc(C)cc1. The van der Waals surface area contributed by atoms with Gasteiger partial charge in [0.05, 0.1) is 29.5 Å². The fourth-order valence-corrected chi connectivity index (χ4v) is 6.47. The van der Waals surface area contributed by atoms with E-state index < -0.39 is 15.9 Å². The molecular weight excluding hydrogens is 600 g/mol. The maximum Gasteiger partial charge on any atom is 0.270 e. The molecule has 9 nitrogen and oxygen atoms in total. The number of hydrazine groups is 1. The van der Waals surface area contributed by atoms with Crippen LogP contribution < -0.4 is 25.2 Å². The van der Waals surface area contributed by atoms with Crippen molar-refractivity contribution in [2.24, 2.45) is 0 Å². The number of para-hydroxylation sites is 1. The molecule has 1 saturated heterocycles. The average Bonchev–Trinajstić information content (AvgIpc) is 3.07. The molecule has 4 aromatic rings. The molecule has 3 N–H and O–H groups in total. The Labute approximate surface area is 271 Å². The number of hydrogen-bond acceptors (Lipinski definition) is 6. The number of anilines is 1. The number of rotatable bonds is 12. The number of nitrogens with zero attached hydrogens (tertiary/aromatic N) is 1. The van der Waals surface area contributed by atoms with Crippen molar-refractivity contribution in [1.82, 2.24) is 15.6 Å². The van der Waals surface area contributed by atoms with Gasteiger partial charge in [-0.15, -0.1) is 4.83 Å². The molecule has 1 aliphatic rings. The van der Waals surface area contributed by atoms with Gasteiger partial charge in [-0.3, -0.25) is 15.0 Å². The topological polar surface area (TPSA) is 117 Å². The molecule has 0 radical (unpaired) electrons. The third-order valence-electron chi connectivity index (χ3n) is 7.97. The number of nitrogens with one attached hydrogen (secondary N) is 3. The van der Waals surface area contributed by atoms with Gasteiger partial charge in [-0.25, -0.2) is 8.42 Å². The van der Waals surface area contributed by atoms with Crippen LogP contribution in [0.1, 0.15) is 64.8 Å². The number of aryl methyl sites for hydroxylation is 1. The molecule has 1 atom stereocenters. The Morgan fingerprint density at radius 1 is 0.870 bits per heavy atom. The lowest BCUT2D eigenvalue weighted by Gasteiger charge is -2.33. The van der Waals surface area contributed by atoms with Crippen LogP contribution in [0, 0.1) is 6.92 Å². The molecule has 0 saturated carbocycles. The second-order valence-corrected chi connectivity index (χ2v) is 13.0. The van der Waals surface area contributed by atoms with Gasteiger partial charge in [0.15, 0.2) is 0 Å².